The average molecular weight is 295 g/mol. The van der Waals surface area contributed by atoms with E-state index >= 15 is 0 Å². The Balaban J connectivity index is 2.17. The van der Waals surface area contributed by atoms with Crippen LogP contribution in [0.2, 0.25) is 0 Å². The molecular weight excluding hydrogens is 278 g/mol. The van der Waals surface area contributed by atoms with Crippen LogP contribution in [0.15, 0.2) is 5.38 Å². The normalized spacial score (nSPS) is 11.6. The third-order valence-corrected chi connectivity index (χ3v) is 3.81. The zero-order chi connectivity index (χ0) is 14.8. The first-order chi connectivity index (χ1) is 9.41. The Bertz CT molecular complexity index is 599. The summed E-state index contributed by atoms with van der Waals surface area (Å²) >= 11 is 1.59. The van der Waals surface area contributed by atoms with Gasteiger partial charge < -0.3 is 4.74 Å². The molecule has 7 nitrogen and oxygen atoms in total. The van der Waals surface area contributed by atoms with E-state index in [9.17, 15) is 4.79 Å². The molecule has 0 spiro atoms. The lowest BCUT2D eigenvalue weighted by atomic mass is 9.98. The molecule has 2 rings (SSSR count). The molecule has 0 unspecified atom stereocenters. The van der Waals surface area contributed by atoms with E-state index in [0.29, 0.717) is 6.54 Å². The highest BCUT2D eigenvalue weighted by Crippen LogP contribution is 2.25. The fourth-order valence-electron chi connectivity index (χ4n) is 1.53. The SMILES string of the molecule is CCOC(=O)c1nnnn1Cc1csc(C(C)(C)C)n1. The van der Waals surface area contributed by atoms with Crippen molar-refractivity contribution in [2.45, 2.75) is 39.7 Å². The number of rotatable bonds is 4. The molecule has 0 aliphatic carbocycles. The van der Waals surface area contributed by atoms with E-state index < -0.39 is 5.97 Å². The van der Waals surface area contributed by atoms with Gasteiger partial charge in [-0.05, 0) is 17.4 Å². The smallest absolute Gasteiger partial charge is 0.378 e. The third-order valence-electron chi connectivity index (χ3n) is 2.50. The predicted octanol–water partition coefficient (Wildman–Crippen LogP) is 1.65. The molecule has 0 saturated heterocycles. The molecule has 0 fully saturated rings. The van der Waals surface area contributed by atoms with Crippen molar-refractivity contribution in [1.29, 1.82) is 0 Å². The van der Waals surface area contributed by atoms with Gasteiger partial charge in [0.05, 0.1) is 23.9 Å². The molecule has 0 radical (unpaired) electrons. The van der Waals surface area contributed by atoms with Gasteiger partial charge in [0.15, 0.2) is 0 Å². The van der Waals surface area contributed by atoms with E-state index in [-0.39, 0.29) is 17.8 Å². The number of nitrogens with zero attached hydrogens (tertiary/aromatic N) is 5. The number of esters is 1. The van der Waals surface area contributed by atoms with Gasteiger partial charge in [0.2, 0.25) is 0 Å². The maximum absolute atomic E-state index is 11.7. The quantitative estimate of drug-likeness (QED) is 0.798. The Morgan fingerprint density at radius 1 is 1.45 bits per heavy atom. The monoisotopic (exact) mass is 295 g/mol. The van der Waals surface area contributed by atoms with E-state index in [1.165, 1.54) is 4.68 Å². The standard InChI is InChI=1S/C12H17N5O2S/c1-5-19-10(18)9-14-15-16-17(9)6-8-7-20-11(13-8)12(2,3)4/h7H,5-6H2,1-4H3. The molecule has 0 bridgehead atoms. The summed E-state index contributed by atoms with van der Waals surface area (Å²) in [4.78, 5) is 16.2. The first kappa shape index (κ1) is 14.6. The Morgan fingerprint density at radius 3 is 2.80 bits per heavy atom. The van der Waals surface area contributed by atoms with Crippen LogP contribution < -0.4 is 0 Å². The third kappa shape index (κ3) is 3.19. The molecular formula is C12H17N5O2S. The van der Waals surface area contributed by atoms with Crippen LogP contribution in [0, 0.1) is 0 Å². The summed E-state index contributed by atoms with van der Waals surface area (Å²) < 4.78 is 6.31. The molecule has 0 aliphatic heterocycles. The second kappa shape index (κ2) is 5.66. The van der Waals surface area contributed by atoms with Gasteiger partial charge in [0.25, 0.3) is 5.82 Å². The lowest BCUT2D eigenvalue weighted by Crippen LogP contribution is -2.16. The summed E-state index contributed by atoms with van der Waals surface area (Å²) in [5.74, 6) is -0.430. The number of ether oxygens (including phenoxy) is 1. The van der Waals surface area contributed by atoms with E-state index in [0.717, 1.165) is 10.7 Å². The maximum atomic E-state index is 11.7. The molecule has 108 valence electrons. The molecule has 8 heteroatoms. The number of hydrogen-bond acceptors (Lipinski definition) is 7. The van der Waals surface area contributed by atoms with Gasteiger partial charge in [-0.2, -0.15) is 0 Å². The molecule has 2 aromatic heterocycles. The largest absolute Gasteiger partial charge is 0.460 e. The van der Waals surface area contributed by atoms with Crippen molar-refractivity contribution in [1.82, 2.24) is 25.2 Å². The first-order valence-electron chi connectivity index (χ1n) is 6.30. The summed E-state index contributed by atoms with van der Waals surface area (Å²) in [5.41, 5.74) is 0.839. The molecule has 0 aromatic carbocycles. The molecule has 20 heavy (non-hydrogen) atoms. The van der Waals surface area contributed by atoms with Gasteiger partial charge >= 0.3 is 5.97 Å². The average Bonchev–Trinajstić information content (AvgIpc) is 2.98. The topological polar surface area (TPSA) is 82.8 Å². The molecule has 0 atom stereocenters. The minimum absolute atomic E-state index is 0.00744. The van der Waals surface area contributed by atoms with Crippen molar-refractivity contribution in [3.63, 3.8) is 0 Å². The lowest BCUT2D eigenvalue weighted by Gasteiger charge is -2.13. The number of carbonyl (C=O) groups excluding carboxylic acids is 1. The van der Waals surface area contributed by atoms with Gasteiger partial charge in [0, 0.05) is 10.8 Å². The minimum atomic E-state index is -0.524. The van der Waals surface area contributed by atoms with E-state index in [2.05, 4.69) is 41.3 Å². The zero-order valence-corrected chi connectivity index (χ0v) is 12.8. The molecule has 2 heterocycles. The molecule has 0 N–H and O–H groups in total. The van der Waals surface area contributed by atoms with Crippen LogP contribution in [0.3, 0.4) is 0 Å². The van der Waals surface area contributed by atoms with Crippen LogP contribution in [-0.2, 0) is 16.7 Å². The second-order valence-corrected chi connectivity index (χ2v) is 6.13. The highest BCUT2D eigenvalue weighted by molar-refractivity contribution is 7.09. The Hall–Kier alpha value is -1.83. The van der Waals surface area contributed by atoms with Crippen molar-refractivity contribution in [2.75, 3.05) is 6.61 Å². The summed E-state index contributed by atoms with van der Waals surface area (Å²) in [5, 5.41) is 14.0. The van der Waals surface area contributed by atoms with E-state index in [4.69, 9.17) is 4.74 Å². The van der Waals surface area contributed by atoms with E-state index in [1.807, 2.05) is 5.38 Å². The molecule has 0 saturated carbocycles. The zero-order valence-electron chi connectivity index (χ0n) is 12.0. The first-order valence-corrected chi connectivity index (χ1v) is 7.18. The fraction of sp³-hybridized carbons (Fsp3) is 0.583. The lowest BCUT2D eigenvalue weighted by molar-refractivity contribution is 0.0505. The highest BCUT2D eigenvalue weighted by atomic mass is 32.1. The minimum Gasteiger partial charge on any atom is -0.460 e. The van der Waals surface area contributed by atoms with Crippen LogP contribution in [0.25, 0.3) is 0 Å². The Kier molecular flexibility index (Phi) is 4.12. The Morgan fingerprint density at radius 2 is 2.20 bits per heavy atom. The summed E-state index contributed by atoms with van der Waals surface area (Å²) in [6.07, 6.45) is 0. The Labute approximate surface area is 121 Å². The van der Waals surface area contributed by atoms with Crippen LogP contribution in [0.1, 0.15) is 49.0 Å². The van der Waals surface area contributed by atoms with Crippen molar-refractivity contribution in [3.05, 3.63) is 21.9 Å². The number of aromatic nitrogens is 5. The van der Waals surface area contributed by atoms with Gasteiger partial charge in [0.1, 0.15) is 0 Å². The summed E-state index contributed by atoms with van der Waals surface area (Å²) in [6, 6.07) is 0. The van der Waals surface area contributed by atoms with Gasteiger partial charge in [-0.25, -0.2) is 14.5 Å². The van der Waals surface area contributed by atoms with Crippen LogP contribution in [0.4, 0.5) is 0 Å². The molecule has 0 aliphatic rings. The number of tetrazole rings is 1. The van der Waals surface area contributed by atoms with Crippen LogP contribution >= 0.6 is 11.3 Å². The van der Waals surface area contributed by atoms with Crippen LogP contribution in [-0.4, -0.2) is 37.8 Å². The van der Waals surface area contributed by atoms with Gasteiger partial charge in [-0.3, -0.25) is 0 Å². The molecule has 0 amide bonds. The van der Waals surface area contributed by atoms with Crippen molar-refractivity contribution >= 4 is 17.3 Å². The van der Waals surface area contributed by atoms with Gasteiger partial charge in [-0.15, -0.1) is 16.4 Å². The van der Waals surface area contributed by atoms with Crippen molar-refractivity contribution < 1.29 is 9.53 Å². The second-order valence-electron chi connectivity index (χ2n) is 5.27. The van der Waals surface area contributed by atoms with Crippen LogP contribution in [0.5, 0.6) is 0 Å². The van der Waals surface area contributed by atoms with Crippen molar-refractivity contribution in [2.24, 2.45) is 0 Å². The molecule has 2 aromatic rings. The number of thiazole rings is 1. The van der Waals surface area contributed by atoms with Crippen molar-refractivity contribution in [3.8, 4) is 0 Å². The summed E-state index contributed by atoms with van der Waals surface area (Å²) in [6.45, 7) is 8.70. The highest BCUT2D eigenvalue weighted by Gasteiger charge is 2.20. The number of carbonyl (C=O) groups is 1. The predicted molar refractivity (Wildman–Crippen MR) is 73.7 cm³/mol. The fourth-order valence-corrected chi connectivity index (χ4v) is 2.43. The van der Waals surface area contributed by atoms with E-state index in [1.54, 1.807) is 18.3 Å². The number of hydrogen-bond donors (Lipinski definition) is 0. The maximum Gasteiger partial charge on any atom is 0.378 e. The summed E-state index contributed by atoms with van der Waals surface area (Å²) in [7, 11) is 0. The van der Waals surface area contributed by atoms with Gasteiger partial charge in [-0.1, -0.05) is 20.8 Å².